The molecule has 0 heterocycles. The van der Waals surface area contributed by atoms with E-state index in [1.807, 2.05) is 4.72 Å². The molecule has 13 heteroatoms. The Kier molecular flexibility index (Phi) is 6.15. The Morgan fingerprint density at radius 3 is 1.72 bits per heavy atom. The zero-order valence-electron chi connectivity index (χ0n) is 15.7. The minimum Gasteiger partial charge on any atom is -0.280 e. The molecule has 0 amide bonds. The Hall–Kier alpha value is -3.19. The third kappa shape index (κ3) is 5.16. The lowest BCUT2D eigenvalue weighted by Gasteiger charge is -2.14. The molecule has 0 unspecified atom stereocenters. The van der Waals surface area contributed by atoms with Gasteiger partial charge in [0.1, 0.15) is 0 Å². The van der Waals surface area contributed by atoms with Crippen LogP contribution in [0.1, 0.15) is 5.56 Å². The largest absolute Gasteiger partial charge is 0.417 e. The van der Waals surface area contributed by atoms with Gasteiger partial charge in [0.25, 0.3) is 20.0 Å². The van der Waals surface area contributed by atoms with Gasteiger partial charge in [-0.2, -0.15) is 13.2 Å². The number of halogens is 5. The second kappa shape index (κ2) is 8.39. The quantitative estimate of drug-likeness (QED) is 0.493. The summed E-state index contributed by atoms with van der Waals surface area (Å²) in [5, 5.41) is 0. The minimum absolute atomic E-state index is 0.0617. The molecule has 2 N–H and O–H groups in total. The monoisotopic (exact) mass is 492 g/mol. The summed E-state index contributed by atoms with van der Waals surface area (Å²) in [6.45, 7) is 0. The Labute approximate surface area is 179 Å². The van der Waals surface area contributed by atoms with Crippen molar-refractivity contribution in [1.29, 1.82) is 0 Å². The summed E-state index contributed by atoms with van der Waals surface area (Å²) in [5.74, 6) is -2.59. The maximum absolute atomic E-state index is 13.3. The van der Waals surface area contributed by atoms with Crippen LogP contribution >= 0.6 is 0 Å². The van der Waals surface area contributed by atoms with Gasteiger partial charge < -0.3 is 0 Å². The van der Waals surface area contributed by atoms with Gasteiger partial charge in [-0.25, -0.2) is 25.6 Å². The molecule has 0 atom stereocenters. The Morgan fingerprint density at radius 2 is 1.19 bits per heavy atom. The Balaban J connectivity index is 1.81. The molecule has 0 aliphatic heterocycles. The van der Waals surface area contributed by atoms with Crippen molar-refractivity contribution in [3.63, 3.8) is 0 Å². The van der Waals surface area contributed by atoms with Crippen LogP contribution in [0, 0.1) is 11.6 Å². The van der Waals surface area contributed by atoms with Gasteiger partial charge in [0, 0.05) is 11.4 Å². The third-order valence-electron chi connectivity index (χ3n) is 4.07. The molecule has 3 aromatic rings. The van der Waals surface area contributed by atoms with Crippen molar-refractivity contribution in [2.75, 3.05) is 9.44 Å². The SMILES string of the molecule is O=S(=O)(Nc1ccc(NS(=O)(=O)c2ccccc2C(F)(F)F)cc1)c1ccc(F)c(F)c1. The minimum atomic E-state index is -4.90. The summed E-state index contributed by atoms with van der Waals surface area (Å²) < 4.78 is 119. The number of anilines is 2. The number of hydrogen-bond acceptors (Lipinski definition) is 4. The first-order valence-corrected chi connectivity index (χ1v) is 11.5. The van der Waals surface area contributed by atoms with Crippen molar-refractivity contribution in [2.24, 2.45) is 0 Å². The van der Waals surface area contributed by atoms with Gasteiger partial charge in [-0.3, -0.25) is 9.44 Å². The van der Waals surface area contributed by atoms with Crippen LogP contribution in [0.4, 0.5) is 33.3 Å². The number of rotatable bonds is 6. The van der Waals surface area contributed by atoms with Crippen LogP contribution in [0.15, 0.2) is 76.5 Å². The van der Waals surface area contributed by atoms with Crippen LogP contribution in [-0.4, -0.2) is 16.8 Å². The highest BCUT2D eigenvalue weighted by Gasteiger charge is 2.36. The fourth-order valence-electron chi connectivity index (χ4n) is 2.61. The molecule has 170 valence electrons. The van der Waals surface area contributed by atoms with Gasteiger partial charge in [0.2, 0.25) is 0 Å². The normalized spacial score (nSPS) is 12.4. The second-order valence-electron chi connectivity index (χ2n) is 6.36. The van der Waals surface area contributed by atoms with Gasteiger partial charge in [0.15, 0.2) is 11.6 Å². The van der Waals surface area contributed by atoms with Gasteiger partial charge in [-0.15, -0.1) is 0 Å². The van der Waals surface area contributed by atoms with Crippen LogP contribution in [0.25, 0.3) is 0 Å². The topological polar surface area (TPSA) is 92.3 Å². The molecular formula is C19H13F5N2O4S2. The highest BCUT2D eigenvalue weighted by atomic mass is 32.2. The van der Waals surface area contributed by atoms with Crippen molar-refractivity contribution in [1.82, 2.24) is 0 Å². The summed E-state index contributed by atoms with van der Waals surface area (Å²) >= 11 is 0. The number of alkyl halides is 3. The standard InChI is InChI=1S/C19H13F5N2O4S2/c20-16-10-9-14(11-17(16)21)31(27,28)25-12-5-7-13(8-6-12)26-32(29,30)18-4-2-1-3-15(18)19(22,23)24/h1-11,25-26H. The van der Waals surface area contributed by atoms with E-state index >= 15 is 0 Å². The van der Waals surface area contributed by atoms with Crippen molar-refractivity contribution in [2.45, 2.75) is 16.0 Å². The summed E-state index contributed by atoms with van der Waals surface area (Å²) in [6.07, 6.45) is -4.90. The molecule has 0 fully saturated rings. The average molecular weight is 492 g/mol. The zero-order chi connectivity index (χ0) is 23.7. The Bertz CT molecular complexity index is 1360. The summed E-state index contributed by atoms with van der Waals surface area (Å²) in [6, 6.07) is 10.1. The molecule has 32 heavy (non-hydrogen) atoms. The predicted molar refractivity (Wildman–Crippen MR) is 106 cm³/mol. The van der Waals surface area contributed by atoms with Crippen LogP contribution in [0.2, 0.25) is 0 Å². The molecule has 0 radical (unpaired) electrons. The van der Waals surface area contributed by atoms with Gasteiger partial charge >= 0.3 is 6.18 Å². The summed E-state index contributed by atoms with van der Waals surface area (Å²) in [5.41, 5.74) is -1.55. The van der Waals surface area contributed by atoms with E-state index in [4.69, 9.17) is 0 Å². The van der Waals surface area contributed by atoms with E-state index in [1.54, 1.807) is 0 Å². The molecule has 0 bridgehead atoms. The third-order valence-corrected chi connectivity index (χ3v) is 6.89. The van der Waals surface area contributed by atoms with E-state index in [9.17, 15) is 38.8 Å². The predicted octanol–water partition coefficient (Wildman–Crippen LogP) is 4.59. The van der Waals surface area contributed by atoms with E-state index < -0.39 is 53.2 Å². The average Bonchev–Trinajstić information content (AvgIpc) is 2.70. The molecule has 0 aromatic heterocycles. The lowest BCUT2D eigenvalue weighted by atomic mass is 10.2. The molecule has 0 saturated carbocycles. The molecule has 3 rings (SSSR count). The molecule has 0 aliphatic carbocycles. The smallest absolute Gasteiger partial charge is 0.280 e. The van der Waals surface area contributed by atoms with Gasteiger partial charge in [0.05, 0.1) is 15.4 Å². The molecular weight excluding hydrogens is 479 g/mol. The molecule has 6 nitrogen and oxygen atoms in total. The van der Waals surface area contributed by atoms with E-state index in [0.717, 1.165) is 48.5 Å². The van der Waals surface area contributed by atoms with E-state index in [2.05, 4.69) is 4.72 Å². The van der Waals surface area contributed by atoms with Crippen LogP contribution in [0.3, 0.4) is 0 Å². The van der Waals surface area contributed by atoms with E-state index in [-0.39, 0.29) is 11.4 Å². The number of hydrogen-bond donors (Lipinski definition) is 2. The van der Waals surface area contributed by atoms with Gasteiger partial charge in [-0.05, 0) is 54.6 Å². The van der Waals surface area contributed by atoms with Crippen molar-refractivity contribution < 1.29 is 38.8 Å². The Morgan fingerprint density at radius 1 is 0.656 bits per heavy atom. The fraction of sp³-hybridized carbons (Fsp3) is 0.0526. The first-order valence-electron chi connectivity index (χ1n) is 8.56. The lowest BCUT2D eigenvalue weighted by Crippen LogP contribution is -2.19. The van der Waals surface area contributed by atoms with E-state index in [1.165, 1.54) is 0 Å². The van der Waals surface area contributed by atoms with Crippen molar-refractivity contribution >= 4 is 31.4 Å². The highest BCUT2D eigenvalue weighted by Crippen LogP contribution is 2.34. The van der Waals surface area contributed by atoms with Crippen LogP contribution in [-0.2, 0) is 26.2 Å². The maximum Gasteiger partial charge on any atom is 0.417 e. The number of sulfonamides is 2. The number of benzene rings is 3. The van der Waals surface area contributed by atoms with Crippen LogP contribution < -0.4 is 9.44 Å². The summed E-state index contributed by atoms with van der Waals surface area (Å²) in [4.78, 5) is -1.53. The molecule has 0 spiro atoms. The molecule has 0 aliphatic rings. The van der Waals surface area contributed by atoms with E-state index in [0.29, 0.717) is 18.2 Å². The van der Waals surface area contributed by atoms with Crippen molar-refractivity contribution in [3.8, 4) is 0 Å². The highest BCUT2D eigenvalue weighted by molar-refractivity contribution is 7.93. The molecule has 0 saturated heterocycles. The van der Waals surface area contributed by atoms with Crippen molar-refractivity contribution in [3.05, 3.63) is 83.9 Å². The van der Waals surface area contributed by atoms with Crippen LogP contribution in [0.5, 0.6) is 0 Å². The summed E-state index contributed by atoms with van der Waals surface area (Å²) in [7, 11) is -8.90. The first kappa shape index (κ1) is 23.5. The number of nitrogens with one attached hydrogen (secondary N) is 2. The fourth-order valence-corrected chi connectivity index (χ4v) is 4.97. The van der Waals surface area contributed by atoms with Gasteiger partial charge in [-0.1, -0.05) is 12.1 Å². The second-order valence-corrected chi connectivity index (χ2v) is 9.69. The molecule has 3 aromatic carbocycles. The zero-order valence-corrected chi connectivity index (χ0v) is 17.3. The lowest BCUT2D eigenvalue weighted by molar-refractivity contribution is -0.139. The maximum atomic E-state index is 13.3. The first-order chi connectivity index (χ1) is 14.8.